The van der Waals surface area contributed by atoms with E-state index < -0.39 is 20.7 Å². The van der Waals surface area contributed by atoms with Crippen LogP contribution in [0.3, 0.4) is 0 Å². The van der Waals surface area contributed by atoms with E-state index in [-0.39, 0.29) is 16.9 Å². The highest BCUT2D eigenvalue weighted by Gasteiger charge is 2.37. The molecule has 0 amide bonds. The van der Waals surface area contributed by atoms with Gasteiger partial charge in [0.15, 0.2) is 0 Å². The maximum Gasteiger partial charge on any atom is 0.232 e. The third-order valence-electron chi connectivity index (χ3n) is 4.41. The van der Waals surface area contributed by atoms with Crippen molar-refractivity contribution < 1.29 is 17.5 Å². The number of benzene rings is 1. The number of aromatic nitrogens is 1. The maximum absolute atomic E-state index is 13.8. The van der Waals surface area contributed by atoms with Gasteiger partial charge in [0.05, 0.1) is 4.90 Å². The van der Waals surface area contributed by atoms with Gasteiger partial charge in [-0.3, -0.25) is 0 Å². The molecule has 5 nitrogen and oxygen atoms in total. The van der Waals surface area contributed by atoms with E-state index in [0.29, 0.717) is 5.75 Å². The Balaban J connectivity index is 1.76. The van der Waals surface area contributed by atoms with Crippen molar-refractivity contribution in [3.8, 4) is 5.75 Å². The summed E-state index contributed by atoms with van der Waals surface area (Å²) in [5.41, 5.74) is 1.03. The maximum atomic E-state index is 13.8. The second-order valence-corrected chi connectivity index (χ2v) is 7.67. The predicted octanol–water partition coefficient (Wildman–Crippen LogP) is 1.89. The Hall–Kier alpha value is -1.99. The summed E-state index contributed by atoms with van der Waals surface area (Å²) < 4.78 is 44.9. The molecule has 4 rings (SSSR count). The highest BCUT2D eigenvalue weighted by atomic mass is 32.2. The SMILES string of the molecule is O=S(=O)(c1ccc2c(c1)OC1CNCCC21)c1cccnc1F. The van der Waals surface area contributed by atoms with Crippen LogP contribution in [0, 0.1) is 5.95 Å². The topological polar surface area (TPSA) is 68.3 Å². The molecule has 23 heavy (non-hydrogen) atoms. The van der Waals surface area contributed by atoms with E-state index in [1.165, 1.54) is 30.5 Å². The van der Waals surface area contributed by atoms with Gasteiger partial charge >= 0.3 is 0 Å². The Labute approximate surface area is 133 Å². The number of nitrogens with zero attached hydrogens (tertiary/aromatic N) is 1. The summed E-state index contributed by atoms with van der Waals surface area (Å²) in [6.45, 7) is 1.67. The number of hydrogen-bond acceptors (Lipinski definition) is 5. The Morgan fingerprint density at radius 2 is 2.17 bits per heavy atom. The molecule has 2 aromatic rings. The predicted molar refractivity (Wildman–Crippen MR) is 80.7 cm³/mol. The number of pyridine rings is 1. The lowest BCUT2D eigenvalue weighted by Gasteiger charge is -2.24. The molecule has 0 saturated carbocycles. The van der Waals surface area contributed by atoms with Gasteiger partial charge in [0.2, 0.25) is 15.8 Å². The Morgan fingerprint density at radius 1 is 1.30 bits per heavy atom. The van der Waals surface area contributed by atoms with Crippen LogP contribution in [0.1, 0.15) is 17.9 Å². The Kier molecular flexibility index (Phi) is 3.35. The third kappa shape index (κ3) is 2.31. The van der Waals surface area contributed by atoms with Crippen molar-refractivity contribution in [1.29, 1.82) is 0 Å². The number of hydrogen-bond donors (Lipinski definition) is 1. The fourth-order valence-electron chi connectivity index (χ4n) is 3.26. The number of ether oxygens (including phenoxy) is 1. The first-order valence-corrected chi connectivity index (χ1v) is 8.92. The van der Waals surface area contributed by atoms with E-state index in [0.717, 1.165) is 25.1 Å². The number of fused-ring (bicyclic) bond motifs is 3. The van der Waals surface area contributed by atoms with E-state index >= 15 is 0 Å². The zero-order valence-electron chi connectivity index (χ0n) is 12.2. The Bertz CT molecular complexity index is 869. The van der Waals surface area contributed by atoms with Gasteiger partial charge < -0.3 is 10.1 Å². The molecule has 0 radical (unpaired) electrons. The van der Waals surface area contributed by atoms with Crippen LogP contribution in [0.4, 0.5) is 4.39 Å². The van der Waals surface area contributed by atoms with Crippen LogP contribution in [0.5, 0.6) is 5.75 Å². The van der Waals surface area contributed by atoms with Gasteiger partial charge in [0.25, 0.3) is 0 Å². The van der Waals surface area contributed by atoms with Crippen molar-refractivity contribution in [2.24, 2.45) is 0 Å². The van der Waals surface area contributed by atoms with Gasteiger partial charge in [-0.1, -0.05) is 6.07 Å². The van der Waals surface area contributed by atoms with Crippen LogP contribution in [-0.2, 0) is 9.84 Å². The normalized spacial score (nSPS) is 23.0. The van der Waals surface area contributed by atoms with Crippen LogP contribution in [0.15, 0.2) is 46.3 Å². The average Bonchev–Trinajstić information content (AvgIpc) is 2.92. The van der Waals surface area contributed by atoms with Crippen molar-refractivity contribution >= 4 is 9.84 Å². The van der Waals surface area contributed by atoms with Gasteiger partial charge in [-0.25, -0.2) is 13.4 Å². The van der Waals surface area contributed by atoms with Crippen molar-refractivity contribution in [2.75, 3.05) is 13.1 Å². The molecule has 0 aliphatic carbocycles. The van der Waals surface area contributed by atoms with E-state index in [1.54, 1.807) is 6.07 Å². The molecule has 0 spiro atoms. The highest BCUT2D eigenvalue weighted by molar-refractivity contribution is 7.91. The second-order valence-electron chi connectivity index (χ2n) is 5.75. The zero-order chi connectivity index (χ0) is 16.0. The summed E-state index contributed by atoms with van der Waals surface area (Å²) in [5.74, 6) is -0.126. The zero-order valence-corrected chi connectivity index (χ0v) is 13.0. The molecular weight excluding hydrogens is 319 g/mol. The molecule has 2 atom stereocenters. The Morgan fingerprint density at radius 3 is 3.00 bits per heavy atom. The monoisotopic (exact) mass is 334 g/mol. The molecule has 1 saturated heterocycles. The molecule has 2 aliphatic rings. The third-order valence-corrected chi connectivity index (χ3v) is 6.17. The minimum atomic E-state index is -3.96. The molecular formula is C16H15FN2O3S. The van der Waals surface area contributed by atoms with E-state index in [9.17, 15) is 12.8 Å². The van der Waals surface area contributed by atoms with Crippen molar-refractivity contribution in [2.45, 2.75) is 28.2 Å². The fourth-order valence-corrected chi connectivity index (χ4v) is 4.56. The van der Waals surface area contributed by atoms with Crippen LogP contribution < -0.4 is 10.1 Å². The van der Waals surface area contributed by atoms with Gasteiger partial charge in [-0.15, -0.1) is 0 Å². The minimum Gasteiger partial charge on any atom is -0.488 e. The quantitative estimate of drug-likeness (QED) is 0.850. The number of halogens is 1. The lowest BCUT2D eigenvalue weighted by molar-refractivity contribution is 0.176. The number of piperidine rings is 1. The number of nitrogens with one attached hydrogen (secondary N) is 1. The number of sulfone groups is 1. The van der Waals surface area contributed by atoms with Crippen molar-refractivity contribution in [1.82, 2.24) is 10.3 Å². The van der Waals surface area contributed by atoms with E-state index in [1.807, 2.05) is 0 Å². The number of rotatable bonds is 2. The summed E-state index contributed by atoms with van der Waals surface area (Å²) >= 11 is 0. The molecule has 1 fully saturated rings. The highest BCUT2D eigenvalue weighted by Crippen LogP contribution is 2.42. The summed E-state index contributed by atoms with van der Waals surface area (Å²) in [7, 11) is -3.96. The van der Waals surface area contributed by atoms with E-state index in [4.69, 9.17) is 4.74 Å². The van der Waals surface area contributed by atoms with Crippen LogP contribution in [0.25, 0.3) is 0 Å². The first-order chi connectivity index (χ1) is 11.1. The smallest absolute Gasteiger partial charge is 0.232 e. The first kappa shape index (κ1) is 14.6. The molecule has 120 valence electrons. The van der Waals surface area contributed by atoms with Crippen molar-refractivity contribution in [3.05, 3.63) is 48.0 Å². The lowest BCUT2D eigenvalue weighted by Crippen LogP contribution is -2.39. The molecule has 1 N–H and O–H groups in total. The van der Waals surface area contributed by atoms with Crippen LogP contribution in [0.2, 0.25) is 0 Å². The molecule has 1 aromatic carbocycles. The largest absolute Gasteiger partial charge is 0.488 e. The minimum absolute atomic E-state index is 0.0229. The van der Waals surface area contributed by atoms with Gasteiger partial charge in [0.1, 0.15) is 16.7 Å². The standard InChI is InChI=1S/C16H15FN2O3S/c17-16-15(2-1-6-19-16)23(20,21)10-3-4-11-12-5-7-18-9-14(12)22-13(11)8-10/h1-4,6,8,12,14,18H,5,7,9H2. The van der Waals surface area contributed by atoms with Gasteiger partial charge in [0, 0.05) is 24.2 Å². The molecule has 2 aliphatic heterocycles. The van der Waals surface area contributed by atoms with Gasteiger partial charge in [-0.2, -0.15) is 4.39 Å². The summed E-state index contributed by atoms with van der Waals surface area (Å²) in [6, 6.07) is 7.42. The second kappa shape index (κ2) is 5.28. The van der Waals surface area contributed by atoms with Crippen molar-refractivity contribution in [3.63, 3.8) is 0 Å². The lowest BCUT2D eigenvalue weighted by atomic mass is 9.90. The summed E-state index contributed by atoms with van der Waals surface area (Å²) in [6.07, 6.45) is 2.21. The van der Waals surface area contributed by atoms with Crippen LogP contribution >= 0.6 is 0 Å². The first-order valence-electron chi connectivity index (χ1n) is 7.44. The molecule has 0 bridgehead atoms. The summed E-state index contributed by atoms with van der Waals surface area (Å²) in [5, 5.41) is 3.27. The molecule has 2 unspecified atom stereocenters. The summed E-state index contributed by atoms with van der Waals surface area (Å²) in [4.78, 5) is 3.02. The van der Waals surface area contributed by atoms with Crippen LogP contribution in [-0.4, -0.2) is 32.6 Å². The van der Waals surface area contributed by atoms with Gasteiger partial charge in [-0.05, 0) is 37.2 Å². The molecule has 1 aromatic heterocycles. The molecule has 3 heterocycles. The average molecular weight is 334 g/mol. The van der Waals surface area contributed by atoms with E-state index in [2.05, 4.69) is 10.3 Å². The fraction of sp³-hybridized carbons (Fsp3) is 0.312. The molecule has 7 heteroatoms.